The van der Waals surface area contributed by atoms with Crippen LogP contribution in [0.2, 0.25) is 0 Å². The molecule has 0 heterocycles. The van der Waals surface area contributed by atoms with E-state index in [0.717, 1.165) is 5.33 Å². The molecule has 1 heteroatoms. The van der Waals surface area contributed by atoms with Gasteiger partial charge in [-0.3, -0.25) is 0 Å². The van der Waals surface area contributed by atoms with E-state index in [4.69, 9.17) is 0 Å². The van der Waals surface area contributed by atoms with Crippen molar-refractivity contribution in [2.75, 3.05) is 5.33 Å². The van der Waals surface area contributed by atoms with Crippen LogP contribution in [0.25, 0.3) is 0 Å². The molecule has 0 aromatic carbocycles. The number of halogens is 1. The van der Waals surface area contributed by atoms with Gasteiger partial charge < -0.3 is 0 Å². The van der Waals surface area contributed by atoms with Crippen molar-refractivity contribution in [3.8, 4) is 0 Å². The maximum Gasteiger partial charge on any atom is 0.00626 e. The van der Waals surface area contributed by atoms with Crippen LogP contribution in [0.4, 0.5) is 0 Å². The van der Waals surface area contributed by atoms with Crippen LogP contribution in [-0.2, 0) is 0 Å². The molecule has 43 valence electrons. The zero-order chi connectivity index (χ0) is 5.54. The highest BCUT2D eigenvalue weighted by molar-refractivity contribution is 9.09. The molecule has 0 amide bonds. The van der Waals surface area contributed by atoms with Crippen LogP contribution in [0.3, 0.4) is 0 Å². The number of unbranched alkanes of at least 4 members (excludes halogenated alkanes) is 3. The van der Waals surface area contributed by atoms with E-state index in [9.17, 15) is 0 Å². The van der Waals surface area contributed by atoms with Gasteiger partial charge in [0.15, 0.2) is 0 Å². The van der Waals surface area contributed by atoms with Crippen LogP contribution in [0.5, 0.6) is 0 Å². The molecule has 0 rings (SSSR count). The Labute approximate surface area is 54.4 Å². The lowest BCUT2D eigenvalue weighted by Crippen LogP contribution is -1.75. The lowest BCUT2D eigenvalue weighted by molar-refractivity contribution is 0.786. The maximum atomic E-state index is 3.32. The third-order valence-electron chi connectivity index (χ3n) is 0.871. The molecular formula is C6H12Br. The summed E-state index contributed by atoms with van der Waals surface area (Å²) >= 11 is 3.32. The van der Waals surface area contributed by atoms with Gasteiger partial charge in [-0.15, -0.1) is 0 Å². The van der Waals surface area contributed by atoms with E-state index < -0.39 is 0 Å². The molecule has 0 aromatic heterocycles. The zero-order valence-corrected chi connectivity index (χ0v) is 6.37. The summed E-state index contributed by atoms with van der Waals surface area (Å²) in [6.07, 6.45) is 6.17. The van der Waals surface area contributed by atoms with Crippen LogP contribution in [0, 0.1) is 6.42 Å². The number of hydrogen-bond donors (Lipinski definition) is 0. The van der Waals surface area contributed by atoms with Gasteiger partial charge >= 0.3 is 0 Å². The van der Waals surface area contributed by atoms with Crippen LogP contribution in [0.15, 0.2) is 0 Å². The van der Waals surface area contributed by atoms with Gasteiger partial charge in [0.05, 0.1) is 0 Å². The van der Waals surface area contributed by atoms with Crippen LogP contribution in [0.1, 0.15) is 26.2 Å². The van der Waals surface area contributed by atoms with Crippen molar-refractivity contribution in [1.82, 2.24) is 0 Å². The first kappa shape index (κ1) is 7.48. The third-order valence-corrected chi connectivity index (χ3v) is 1.33. The molecule has 7 heavy (non-hydrogen) atoms. The lowest BCUT2D eigenvalue weighted by Gasteiger charge is -1.89. The highest BCUT2D eigenvalue weighted by Gasteiger charge is 1.81. The Bertz CT molecular complexity index is 23.4. The Balaban J connectivity index is 2.45. The van der Waals surface area contributed by atoms with E-state index in [2.05, 4.69) is 29.3 Å². The largest absolute Gasteiger partial charge is 0.0925 e. The minimum absolute atomic E-state index is 1.05. The van der Waals surface area contributed by atoms with Gasteiger partial charge in [0.2, 0.25) is 0 Å². The molecule has 0 saturated heterocycles. The minimum atomic E-state index is 1.05. The van der Waals surface area contributed by atoms with Gasteiger partial charge in [-0.2, -0.15) is 0 Å². The molecule has 0 fully saturated rings. The topological polar surface area (TPSA) is 0 Å². The Morgan fingerprint density at radius 3 is 2.71 bits per heavy atom. The number of hydrogen-bond acceptors (Lipinski definition) is 0. The van der Waals surface area contributed by atoms with Gasteiger partial charge in [-0.25, -0.2) is 0 Å². The van der Waals surface area contributed by atoms with Crippen molar-refractivity contribution >= 4 is 15.9 Å². The molecule has 0 nitrogen and oxygen atoms in total. The quantitative estimate of drug-likeness (QED) is 0.442. The fourth-order valence-corrected chi connectivity index (χ4v) is 0.749. The van der Waals surface area contributed by atoms with Crippen molar-refractivity contribution in [3.05, 3.63) is 6.42 Å². The Kier molecular flexibility index (Phi) is 6.92. The molecule has 0 bridgehead atoms. The van der Waals surface area contributed by atoms with Gasteiger partial charge in [0, 0.05) is 5.33 Å². The van der Waals surface area contributed by atoms with Gasteiger partial charge in [0.1, 0.15) is 0 Å². The van der Waals surface area contributed by atoms with Gasteiger partial charge in [-0.1, -0.05) is 35.7 Å². The standard InChI is InChI=1S/C6H12Br/c1-2-3-4-5-6-7/h5H,2-4,6H2,1H3. The van der Waals surface area contributed by atoms with Crippen LogP contribution in [-0.4, -0.2) is 5.33 Å². The Hall–Kier alpha value is 0.480. The smallest absolute Gasteiger partial charge is 0.00626 e. The summed E-state index contributed by atoms with van der Waals surface area (Å²) in [5.74, 6) is 0. The minimum Gasteiger partial charge on any atom is -0.0925 e. The van der Waals surface area contributed by atoms with Crippen LogP contribution >= 0.6 is 15.9 Å². The predicted octanol–water partition coefficient (Wildman–Crippen LogP) is 2.78. The second kappa shape index (κ2) is 6.48. The van der Waals surface area contributed by atoms with E-state index in [1.165, 1.54) is 19.3 Å². The molecular weight excluding hydrogens is 152 g/mol. The molecule has 0 saturated carbocycles. The second-order valence-electron chi connectivity index (χ2n) is 1.59. The summed E-state index contributed by atoms with van der Waals surface area (Å²) in [6, 6.07) is 0. The highest BCUT2D eigenvalue weighted by atomic mass is 79.9. The van der Waals surface area contributed by atoms with Crippen molar-refractivity contribution in [2.45, 2.75) is 26.2 Å². The van der Waals surface area contributed by atoms with E-state index in [-0.39, 0.29) is 0 Å². The number of rotatable bonds is 4. The van der Waals surface area contributed by atoms with E-state index in [1.54, 1.807) is 0 Å². The van der Waals surface area contributed by atoms with E-state index >= 15 is 0 Å². The molecule has 0 unspecified atom stereocenters. The monoisotopic (exact) mass is 163 g/mol. The fraction of sp³-hybridized carbons (Fsp3) is 0.833. The van der Waals surface area contributed by atoms with Crippen molar-refractivity contribution in [2.24, 2.45) is 0 Å². The molecule has 0 aromatic rings. The van der Waals surface area contributed by atoms with Crippen molar-refractivity contribution in [1.29, 1.82) is 0 Å². The normalized spacial score (nSPS) is 9.43. The molecule has 1 radical (unpaired) electrons. The van der Waals surface area contributed by atoms with E-state index in [1.807, 2.05) is 0 Å². The van der Waals surface area contributed by atoms with Crippen molar-refractivity contribution in [3.63, 3.8) is 0 Å². The summed E-state index contributed by atoms with van der Waals surface area (Å²) in [6.45, 7) is 2.21. The molecule has 0 aliphatic rings. The van der Waals surface area contributed by atoms with Crippen LogP contribution < -0.4 is 0 Å². The first-order chi connectivity index (χ1) is 3.41. The van der Waals surface area contributed by atoms with Gasteiger partial charge in [0.25, 0.3) is 0 Å². The Morgan fingerprint density at radius 1 is 1.57 bits per heavy atom. The molecule has 0 N–H and O–H groups in total. The summed E-state index contributed by atoms with van der Waals surface area (Å²) in [7, 11) is 0. The molecule has 0 aliphatic carbocycles. The molecule has 0 aliphatic heterocycles. The van der Waals surface area contributed by atoms with Crippen molar-refractivity contribution < 1.29 is 0 Å². The predicted molar refractivity (Wildman–Crippen MR) is 37.6 cm³/mol. The SMILES string of the molecule is CCCC[CH]CBr. The average Bonchev–Trinajstić information content (AvgIpc) is 1.69. The maximum absolute atomic E-state index is 3.32. The first-order valence-corrected chi connectivity index (χ1v) is 3.91. The summed E-state index contributed by atoms with van der Waals surface area (Å²) in [5, 5.41) is 1.05. The number of alkyl halides is 1. The first-order valence-electron chi connectivity index (χ1n) is 2.79. The molecule has 0 atom stereocenters. The summed E-state index contributed by atoms with van der Waals surface area (Å²) in [4.78, 5) is 0. The molecule has 0 spiro atoms. The highest BCUT2D eigenvalue weighted by Crippen LogP contribution is 1.98. The zero-order valence-electron chi connectivity index (χ0n) is 4.78. The fourth-order valence-electron chi connectivity index (χ4n) is 0.426. The average molecular weight is 164 g/mol. The summed E-state index contributed by atoms with van der Waals surface area (Å²) in [5.41, 5.74) is 0. The second-order valence-corrected chi connectivity index (χ2v) is 2.23. The lowest BCUT2D eigenvalue weighted by atomic mass is 10.2. The van der Waals surface area contributed by atoms with Gasteiger partial charge in [-0.05, 0) is 12.8 Å². The third kappa shape index (κ3) is 6.48. The summed E-state index contributed by atoms with van der Waals surface area (Å²) < 4.78 is 0. The Morgan fingerprint density at radius 2 is 2.29 bits per heavy atom. The van der Waals surface area contributed by atoms with E-state index in [0.29, 0.717) is 0 Å².